The van der Waals surface area contributed by atoms with Gasteiger partial charge in [0.15, 0.2) is 0 Å². The summed E-state index contributed by atoms with van der Waals surface area (Å²) in [6.07, 6.45) is 0. The Hall–Kier alpha value is -1.88. The van der Waals surface area contributed by atoms with Gasteiger partial charge in [0, 0.05) is 35.1 Å². The highest BCUT2D eigenvalue weighted by Gasteiger charge is 2.35. The van der Waals surface area contributed by atoms with Crippen molar-refractivity contribution in [3.63, 3.8) is 0 Å². The molecule has 0 radical (unpaired) electrons. The van der Waals surface area contributed by atoms with Gasteiger partial charge in [-0.25, -0.2) is 0 Å². The maximum Gasteiger partial charge on any atom is 0.0907 e. The van der Waals surface area contributed by atoms with Crippen LogP contribution in [0.2, 0.25) is 0 Å². The lowest BCUT2D eigenvalue weighted by Gasteiger charge is -2.47. The summed E-state index contributed by atoms with van der Waals surface area (Å²) in [6, 6.07) is 15.8. The van der Waals surface area contributed by atoms with Crippen LogP contribution in [0.4, 0.5) is 11.4 Å². The van der Waals surface area contributed by atoms with Gasteiger partial charge in [0.2, 0.25) is 0 Å². The standard InChI is InChI=1S/C25H34Br2N8/c1-24(2)13-32(18-34(15-24)30-28-22-9-5-20(26)6-10-22)17-33-14-25(3,4)16-35(19-33)31-29-23-11-7-21(27)8-12-23/h5-12H,13-19H2,1-4H3. The first-order chi connectivity index (χ1) is 16.6. The highest BCUT2D eigenvalue weighted by Crippen LogP contribution is 2.29. The largest absolute Gasteiger partial charge is 0.271 e. The van der Waals surface area contributed by atoms with Crippen molar-refractivity contribution in [2.45, 2.75) is 27.7 Å². The van der Waals surface area contributed by atoms with Crippen molar-refractivity contribution in [2.75, 3.05) is 46.2 Å². The molecular weight excluding hydrogens is 572 g/mol. The van der Waals surface area contributed by atoms with E-state index in [1.165, 1.54) is 0 Å². The first kappa shape index (κ1) is 26.2. The summed E-state index contributed by atoms with van der Waals surface area (Å²) in [6.45, 7) is 15.3. The monoisotopic (exact) mass is 604 g/mol. The van der Waals surface area contributed by atoms with Crippen LogP contribution in [0, 0.1) is 10.8 Å². The van der Waals surface area contributed by atoms with Gasteiger partial charge in [0.05, 0.1) is 31.4 Å². The molecule has 4 rings (SSSR count). The molecule has 0 spiro atoms. The first-order valence-electron chi connectivity index (χ1n) is 11.8. The molecule has 35 heavy (non-hydrogen) atoms. The lowest BCUT2D eigenvalue weighted by Crippen LogP contribution is -2.58. The average molecular weight is 606 g/mol. The van der Waals surface area contributed by atoms with Crippen molar-refractivity contribution in [1.29, 1.82) is 0 Å². The Bertz CT molecular complexity index is 953. The fraction of sp³-hybridized carbons (Fsp3) is 0.520. The zero-order chi connectivity index (χ0) is 25.1. The maximum absolute atomic E-state index is 4.57. The Balaban J connectivity index is 1.40. The minimum atomic E-state index is 0.114. The van der Waals surface area contributed by atoms with E-state index < -0.39 is 0 Å². The molecule has 10 heteroatoms. The second-order valence-corrected chi connectivity index (χ2v) is 12.9. The average Bonchev–Trinajstić information content (AvgIpc) is 2.76. The zero-order valence-electron chi connectivity index (χ0n) is 20.9. The molecule has 2 aromatic rings. The second-order valence-electron chi connectivity index (χ2n) is 11.1. The SMILES string of the molecule is CC1(C)CN(CN2CN(N=Nc3ccc(Br)cc3)CC(C)(C)C2)CN(N=Nc2ccc(Br)cc2)C1. The van der Waals surface area contributed by atoms with Crippen molar-refractivity contribution in [1.82, 2.24) is 19.8 Å². The van der Waals surface area contributed by atoms with Gasteiger partial charge in [-0.3, -0.25) is 19.8 Å². The normalized spacial score (nSPS) is 21.3. The van der Waals surface area contributed by atoms with Gasteiger partial charge in [0.1, 0.15) is 0 Å². The Morgan fingerprint density at radius 2 is 1.00 bits per heavy atom. The molecule has 2 saturated heterocycles. The summed E-state index contributed by atoms with van der Waals surface area (Å²) >= 11 is 6.94. The van der Waals surface area contributed by atoms with Gasteiger partial charge in [-0.05, 0) is 59.4 Å². The smallest absolute Gasteiger partial charge is 0.0907 e. The minimum Gasteiger partial charge on any atom is -0.271 e. The quantitative estimate of drug-likeness (QED) is 0.330. The number of benzene rings is 2. The number of nitrogens with zero attached hydrogens (tertiary/aromatic N) is 8. The summed E-state index contributed by atoms with van der Waals surface area (Å²) in [5, 5.41) is 22.2. The molecule has 2 aromatic carbocycles. The molecule has 188 valence electrons. The lowest BCUT2D eigenvalue weighted by atomic mass is 9.90. The Labute approximate surface area is 225 Å². The van der Waals surface area contributed by atoms with E-state index in [1.54, 1.807) is 0 Å². The van der Waals surface area contributed by atoms with Gasteiger partial charge in [-0.15, -0.1) is 10.2 Å². The summed E-state index contributed by atoms with van der Waals surface area (Å²) in [7, 11) is 0. The van der Waals surface area contributed by atoms with Crippen molar-refractivity contribution in [3.05, 3.63) is 57.5 Å². The van der Waals surface area contributed by atoms with E-state index >= 15 is 0 Å². The predicted molar refractivity (Wildman–Crippen MR) is 146 cm³/mol. The van der Waals surface area contributed by atoms with Gasteiger partial charge in [0.25, 0.3) is 0 Å². The highest BCUT2D eigenvalue weighted by molar-refractivity contribution is 9.10. The summed E-state index contributed by atoms with van der Waals surface area (Å²) in [4.78, 5) is 4.91. The van der Waals surface area contributed by atoms with E-state index in [0.29, 0.717) is 0 Å². The van der Waals surface area contributed by atoms with Gasteiger partial charge < -0.3 is 0 Å². The Morgan fingerprint density at radius 3 is 1.37 bits per heavy atom. The molecule has 0 saturated carbocycles. The molecule has 0 aromatic heterocycles. The topological polar surface area (TPSA) is 62.4 Å². The van der Waals surface area contributed by atoms with Crippen LogP contribution in [0.1, 0.15) is 27.7 Å². The molecule has 0 unspecified atom stereocenters. The van der Waals surface area contributed by atoms with E-state index in [-0.39, 0.29) is 10.8 Å². The Morgan fingerprint density at radius 1 is 0.629 bits per heavy atom. The summed E-state index contributed by atoms with van der Waals surface area (Å²) < 4.78 is 2.08. The third-order valence-corrected chi connectivity index (χ3v) is 6.93. The van der Waals surface area contributed by atoms with Crippen LogP contribution in [0.15, 0.2) is 78.2 Å². The molecule has 0 N–H and O–H groups in total. The molecule has 0 atom stereocenters. The molecule has 2 aliphatic rings. The van der Waals surface area contributed by atoms with Crippen molar-refractivity contribution < 1.29 is 0 Å². The molecule has 2 heterocycles. The van der Waals surface area contributed by atoms with Gasteiger partial charge in [-0.1, -0.05) is 70.0 Å². The van der Waals surface area contributed by atoms with E-state index in [0.717, 1.165) is 66.5 Å². The van der Waals surface area contributed by atoms with Crippen LogP contribution >= 0.6 is 31.9 Å². The van der Waals surface area contributed by atoms with E-state index in [4.69, 9.17) is 0 Å². The Kier molecular flexibility index (Phi) is 8.25. The van der Waals surface area contributed by atoms with Gasteiger partial charge in [-0.2, -0.15) is 0 Å². The first-order valence-corrected chi connectivity index (χ1v) is 13.4. The second kappa shape index (κ2) is 11.0. The minimum absolute atomic E-state index is 0.114. The zero-order valence-corrected chi connectivity index (χ0v) is 24.1. The third kappa shape index (κ3) is 8.06. The van der Waals surface area contributed by atoms with E-state index in [9.17, 15) is 0 Å². The van der Waals surface area contributed by atoms with Crippen LogP contribution in [0.5, 0.6) is 0 Å². The molecule has 0 amide bonds. The van der Waals surface area contributed by atoms with E-state index in [1.807, 2.05) is 48.5 Å². The van der Waals surface area contributed by atoms with E-state index in [2.05, 4.69) is 100 Å². The molecular formula is C25H34Br2N8. The molecule has 8 nitrogen and oxygen atoms in total. The van der Waals surface area contributed by atoms with Crippen molar-refractivity contribution >= 4 is 43.2 Å². The number of hydrogen-bond donors (Lipinski definition) is 0. The predicted octanol–water partition coefficient (Wildman–Crippen LogP) is 7.07. The van der Waals surface area contributed by atoms with Crippen LogP contribution in [0.25, 0.3) is 0 Å². The van der Waals surface area contributed by atoms with Crippen molar-refractivity contribution in [2.24, 2.45) is 31.5 Å². The maximum atomic E-state index is 4.57. The molecule has 0 aliphatic carbocycles. The fourth-order valence-corrected chi connectivity index (χ4v) is 5.33. The fourth-order valence-electron chi connectivity index (χ4n) is 4.80. The van der Waals surface area contributed by atoms with Crippen LogP contribution in [-0.2, 0) is 0 Å². The summed E-state index contributed by atoms with van der Waals surface area (Å²) in [5.74, 6) is 0. The summed E-state index contributed by atoms with van der Waals surface area (Å²) in [5.41, 5.74) is 1.94. The van der Waals surface area contributed by atoms with Gasteiger partial charge >= 0.3 is 0 Å². The van der Waals surface area contributed by atoms with Crippen LogP contribution in [0.3, 0.4) is 0 Å². The van der Waals surface area contributed by atoms with Crippen molar-refractivity contribution in [3.8, 4) is 0 Å². The molecule has 0 bridgehead atoms. The highest BCUT2D eigenvalue weighted by atomic mass is 79.9. The number of halogens is 2. The number of rotatable bonds is 6. The van der Waals surface area contributed by atoms with Crippen LogP contribution in [-0.4, -0.2) is 66.0 Å². The third-order valence-electron chi connectivity index (χ3n) is 5.88. The molecule has 2 fully saturated rings. The number of hydrogen-bond acceptors (Lipinski definition) is 6. The van der Waals surface area contributed by atoms with Crippen LogP contribution < -0.4 is 0 Å². The lowest BCUT2D eigenvalue weighted by molar-refractivity contribution is -0.0654. The molecule has 2 aliphatic heterocycles.